The van der Waals surface area contributed by atoms with E-state index in [9.17, 15) is 14.4 Å². The second-order valence-electron chi connectivity index (χ2n) is 6.40. The van der Waals surface area contributed by atoms with E-state index in [1.54, 1.807) is 42.5 Å². The van der Waals surface area contributed by atoms with Gasteiger partial charge in [0, 0.05) is 4.47 Å². The highest BCUT2D eigenvalue weighted by Crippen LogP contribution is 2.30. The Hall–Kier alpha value is -3.39. The molecule has 2 aromatic rings. The summed E-state index contributed by atoms with van der Waals surface area (Å²) in [6.45, 7) is 5.74. The van der Waals surface area contributed by atoms with Crippen molar-refractivity contribution < 1.29 is 23.9 Å². The highest BCUT2D eigenvalue weighted by atomic mass is 79.9. The fourth-order valence-electron chi connectivity index (χ4n) is 2.87. The normalized spacial score (nSPS) is 15.2. The molecule has 3 rings (SSSR count). The molecule has 4 amide bonds. The maximum Gasteiger partial charge on any atom is 0.335 e. The summed E-state index contributed by atoms with van der Waals surface area (Å²) in [7, 11) is 1.49. The van der Waals surface area contributed by atoms with E-state index in [0.29, 0.717) is 29.4 Å². The third kappa shape index (κ3) is 4.28. The average Bonchev–Trinajstić information content (AvgIpc) is 2.72. The quantitative estimate of drug-likeness (QED) is 0.391. The molecule has 8 heteroatoms. The lowest BCUT2D eigenvalue weighted by molar-refractivity contribution is -0.122. The number of halogens is 1. The zero-order valence-corrected chi connectivity index (χ0v) is 18.0. The summed E-state index contributed by atoms with van der Waals surface area (Å²) >= 11 is 3.39. The van der Waals surface area contributed by atoms with Crippen molar-refractivity contribution in [2.45, 2.75) is 6.92 Å². The molecular formula is C22H19BrN2O5. The predicted molar refractivity (Wildman–Crippen MR) is 117 cm³/mol. The molecule has 0 bridgehead atoms. The largest absolute Gasteiger partial charge is 0.493 e. The SMILES string of the molecule is C=CCOc1ccc(/C=C2\C(=O)NC(=O)N(c3ccc(Br)c(C)c3)C2=O)cc1OC. The number of amides is 4. The Kier molecular flexibility index (Phi) is 6.37. The molecule has 1 aliphatic heterocycles. The van der Waals surface area contributed by atoms with Gasteiger partial charge < -0.3 is 9.47 Å². The number of aryl methyl sites for hydroxylation is 1. The van der Waals surface area contributed by atoms with Crippen LogP contribution in [0.25, 0.3) is 6.08 Å². The van der Waals surface area contributed by atoms with E-state index in [2.05, 4.69) is 27.8 Å². The number of nitrogens with zero attached hydrogens (tertiary/aromatic N) is 1. The van der Waals surface area contributed by atoms with Crippen molar-refractivity contribution in [1.29, 1.82) is 0 Å². The number of methoxy groups -OCH3 is 1. The van der Waals surface area contributed by atoms with Gasteiger partial charge in [0.25, 0.3) is 11.8 Å². The minimum atomic E-state index is -0.797. The van der Waals surface area contributed by atoms with Gasteiger partial charge in [-0.3, -0.25) is 14.9 Å². The third-order valence-electron chi connectivity index (χ3n) is 4.36. The van der Waals surface area contributed by atoms with Gasteiger partial charge in [-0.05, 0) is 54.5 Å². The Bertz CT molecular complexity index is 1080. The van der Waals surface area contributed by atoms with Crippen molar-refractivity contribution in [1.82, 2.24) is 5.32 Å². The number of carbonyl (C=O) groups excluding carboxylic acids is 3. The summed E-state index contributed by atoms with van der Waals surface area (Å²) < 4.78 is 11.7. The molecule has 0 atom stereocenters. The van der Waals surface area contributed by atoms with Crippen LogP contribution in [0.15, 0.2) is 59.1 Å². The molecule has 0 aliphatic carbocycles. The molecule has 2 aromatic carbocycles. The molecule has 0 radical (unpaired) electrons. The minimum absolute atomic E-state index is 0.169. The molecule has 1 saturated heterocycles. The molecule has 0 saturated carbocycles. The Balaban J connectivity index is 1.98. The van der Waals surface area contributed by atoms with Crippen LogP contribution >= 0.6 is 15.9 Å². The average molecular weight is 471 g/mol. The first-order valence-corrected chi connectivity index (χ1v) is 9.74. The number of imide groups is 2. The number of carbonyl (C=O) groups is 3. The highest BCUT2D eigenvalue weighted by molar-refractivity contribution is 9.10. The van der Waals surface area contributed by atoms with E-state index in [-0.39, 0.29) is 5.57 Å². The lowest BCUT2D eigenvalue weighted by atomic mass is 10.1. The molecule has 7 nitrogen and oxygen atoms in total. The molecular weight excluding hydrogens is 452 g/mol. The van der Waals surface area contributed by atoms with Crippen LogP contribution in [0.5, 0.6) is 11.5 Å². The van der Waals surface area contributed by atoms with Crippen LogP contribution < -0.4 is 19.7 Å². The molecule has 1 aliphatic rings. The Morgan fingerprint density at radius 1 is 1.13 bits per heavy atom. The first kappa shape index (κ1) is 21.3. The summed E-state index contributed by atoms with van der Waals surface area (Å²) in [5.74, 6) is -0.537. The highest BCUT2D eigenvalue weighted by Gasteiger charge is 2.36. The van der Waals surface area contributed by atoms with Gasteiger partial charge >= 0.3 is 6.03 Å². The van der Waals surface area contributed by atoms with E-state index in [4.69, 9.17) is 9.47 Å². The van der Waals surface area contributed by atoms with Gasteiger partial charge in [0.2, 0.25) is 0 Å². The summed E-state index contributed by atoms with van der Waals surface area (Å²) in [4.78, 5) is 38.6. The number of barbiturate groups is 1. The lowest BCUT2D eigenvalue weighted by Gasteiger charge is -2.26. The van der Waals surface area contributed by atoms with Crippen LogP contribution in [-0.4, -0.2) is 31.6 Å². The van der Waals surface area contributed by atoms with E-state index in [0.717, 1.165) is 14.9 Å². The zero-order chi connectivity index (χ0) is 21.8. The van der Waals surface area contributed by atoms with Crippen molar-refractivity contribution >= 4 is 45.5 Å². The van der Waals surface area contributed by atoms with Crippen LogP contribution in [0.1, 0.15) is 11.1 Å². The van der Waals surface area contributed by atoms with Crippen LogP contribution in [0.3, 0.4) is 0 Å². The number of ether oxygens (including phenoxy) is 2. The minimum Gasteiger partial charge on any atom is -0.493 e. The maximum atomic E-state index is 13.0. The smallest absolute Gasteiger partial charge is 0.335 e. The second-order valence-corrected chi connectivity index (χ2v) is 7.26. The number of rotatable bonds is 6. The van der Waals surface area contributed by atoms with Crippen LogP contribution in [0, 0.1) is 6.92 Å². The van der Waals surface area contributed by atoms with Crippen molar-refractivity contribution in [3.63, 3.8) is 0 Å². The van der Waals surface area contributed by atoms with Gasteiger partial charge in [-0.15, -0.1) is 0 Å². The third-order valence-corrected chi connectivity index (χ3v) is 5.25. The van der Waals surface area contributed by atoms with Crippen molar-refractivity contribution in [2.24, 2.45) is 0 Å². The topological polar surface area (TPSA) is 84.9 Å². The number of urea groups is 1. The first-order valence-electron chi connectivity index (χ1n) is 8.95. The lowest BCUT2D eigenvalue weighted by Crippen LogP contribution is -2.54. The Labute approximate surface area is 182 Å². The van der Waals surface area contributed by atoms with Crippen LogP contribution in [0.4, 0.5) is 10.5 Å². The summed E-state index contributed by atoms with van der Waals surface area (Å²) in [5.41, 5.74) is 1.58. The molecule has 1 heterocycles. The van der Waals surface area contributed by atoms with Gasteiger partial charge in [0.05, 0.1) is 12.8 Å². The molecule has 1 N–H and O–H groups in total. The van der Waals surface area contributed by atoms with Crippen molar-refractivity contribution in [3.8, 4) is 11.5 Å². The van der Waals surface area contributed by atoms with E-state index >= 15 is 0 Å². The summed E-state index contributed by atoms with van der Waals surface area (Å²) in [5, 5.41) is 2.21. The first-order chi connectivity index (χ1) is 14.3. The van der Waals surface area contributed by atoms with Crippen LogP contribution in [0.2, 0.25) is 0 Å². The number of hydrogen-bond donors (Lipinski definition) is 1. The molecule has 30 heavy (non-hydrogen) atoms. The molecule has 1 fully saturated rings. The number of nitrogens with one attached hydrogen (secondary N) is 1. The standard InChI is InChI=1S/C22H19BrN2O5/c1-4-9-30-18-8-5-14(12-19(18)29-3)11-16-20(26)24-22(28)25(21(16)27)15-6-7-17(23)13(2)10-15/h4-8,10-12H,1,9H2,2-3H3,(H,24,26,28)/b16-11+. The molecule has 0 aromatic heterocycles. The van der Waals surface area contributed by atoms with Gasteiger partial charge in [0.1, 0.15) is 12.2 Å². The van der Waals surface area contributed by atoms with Crippen molar-refractivity contribution in [2.75, 3.05) is 18.6 Å². The fraction of sp³-hybridized carbons (Fsp3) is 0.136. The Morgan fingerprint density at radius 2 is 1.90 bits per heavy atom. The predicted octanol–water partition coefficient (Wildman–Crippen LogP) is 4.00. The van der Waals surface area contributed by atoms with Crippen molar-refractivity contribution in [3.05, 3.63) is 70.2 Å². The van der Waals surface area contributed by atoms with Crippen LogP contribution in [-0.2, 0) is 9.59 Å². The number of hydrogen-bond acceptors (Lipinski definition) is 5. The van der Waals surface area contributed by atoms with E-state index < -0.39 is 17.8 Å². The number of benzene rings is 2. The van der Waals surface area contributed by atoms with E-state index in [1.165, 1.54) is 13.2 Å². The van der Waals surface area contributed by atoms with Gasteiger partial charge in [0.15, 0.2) is 11.5 Å². The van der Waals surface area contributed by atoms with E-state index in [1.807, 2.05) is 6.92 Å². The summed E-state index contributed by atoms with van der Waals surface area (Å²) in [6.07, 6.45) is 3.01. The van der Waals surface area contributed by atoms with Gasteiger partial charge in [-0.2, -0.15) is 0 Å². The maximum absolute atomic E-state index is 13.0. The summed E-state index contributed by atoms with van der Waals surface area (Å²) in [6, 6.07) is 9.23. The second kappa shape index (κ2) is 8.96. The molecule has 0 spiro atoms. The molecule has 154 valence electrons. The monoisotopic (exact) mass is 470 g/mol. The number of anilines is 1. The fourth-order valence-corrected chi connectivity index (χ4v) is 3.12. The van der Waals surface area contributed by atoms with Gasteiger partial charge in [-0.25, -0.2) is 9.69 Å². The van der Waals surface area contributed by atoms with Gasteiger partial charge in [-0.1, -0.05) is 34.7 Å². The molecule has 0 unspecified atom stereocenters. The zero-order valence-electron chi connectivity index (χ0n) is 16.4. The Morgan fingerprint density at radius 3 is 2.57 bits per heavy atom.